The molecule has 0 amide bonds. The number of aliphatic carboxylic acids is 2. The van der Waals surface area contributed by atoms with E-state index in [-0.39, 0.29) is 0 Å². The fourth-order valence-electron chi connectivity index (χ4n) is 2.00. The molecule has 0 saturated carbocycles. The molecule has 0 aromatic rings. The van der Waals surface area contributed by atoms with Gasteiger partial charge >= 0.3 is 11.9 Å². The lowest BCUT2D eigenvalue weighted by molar-refractivity contribution is -0.132. The lowest BCUT2D eigenvalue weighted by Crippen LogP contribution is -1.84. The standard InChI is InChI=1S/C12H20O2.C10H16O2/c1-2-3-4-5-6-7-8-9-10-11-12(13)14;1-2-3-4-5-6-7-8-9-10(11)12/h8-11H,2-7H2,1H3,(H,13,14);6-9H,2-5H2,1H3,(H,11,12). The van der Waals surface area contributed by atoms with Gasteiger partial charge in [0.25, 0.3) is 0 Å². The predicted molar refractivity (Wildman–Crippen MR) is 109 cm³/mol. The molecule has 0 heterocycles. The van der Waals surface area contributed by atoms with E-state index < -0.39 is 11.9 Å². The van der Waals surface area contributed by atoms with Gasteiger partial charge < -0.3 is 10.2 Å². The Hall–Kier alpha value is -2.10. The number of hydrogen-bond donors (Lipinski definition) is 2. The van der Waals surface area contributed by atoms with Crippen molar-refractivity contribution in [2.24, 2.45) is 0 Å². The summed E-state index contributed by atoms with van der Waals surface area (Å²) in [7, 11) is 0. The molecule has 4 heteroatoms. The van der Waals surface area contributed by atoms with E-state index in [1.165, 1.54) is 51.4 Å². The molecule has 0 bridgehead atoms. The molecule has 0 aromatic carbocycles. The Kier molecular flexibility index (Phi) is 23.0. The minimum absolute atomic E-state index is 0.891. The zero-order valence-electron chi connectivity index (χ0n) is 16.4. The zero-order valence-corrected chi connectivity index (χ0v) is 16.4. The SMILES string of the molecule is CCCCCC=CC=CC(=O)O.CCCCCCCC=CC=CC(=O)O. The van der Waals surface area contributed by atoms with Gasteiger partial charge in [0.1, 0.15) is 0 Å². The minimum atomic E-state index is -0.895. The number of hydrogen-bond acceptors (Lipinski definition) is 2. The number of carbonyl (C=O) groups is 2. The van der Waals surface area contributed by atoms with Crippen molar-refractivity contribution >= 4 is 11.9 Å². The highest BCUT2D eigenvalue weighted by Gasteiger charge is 1.86. The second-order valence-electron chi connectivity index (χ2n) is 5.95. The summed E-state index contributed by atoms with van der Waals surface area (Å²) in [6.07, 6.45) is 25.1. The van der Waals surface area contributed by atoms with Gasteiger partial charge in [0.2, 0.25) is 0 Å². The molecule has 0 aromatic heterocycles. The van der Waals surface area contributed by atoms with E-state index in [2.05, 4.69) is 13.8 Å². The first kappa shape index (κ1) is 26.1. The van der Waals surface area contributed by atoms with E-state index in [9.17, 15) is 9.59 Å². The fourth-order valence-corrected chi connectivity index (χ4v) is 2.00. The molecule has 0 unspecified atom stereocenters. The molecule has 0 spiro atoms. The van der Waals surface area contributed by atoms with E-state index in [0.29, 0.717) is 0 Å². The third-order valence-electron chi connectivity index (χ3n) is 3.42. The molecule has 0 aliphatic heterocycles. The Labute approximate surface area is 159 Å². The highest BCUT2D eigenvalue weighted by atomic mass is 16.4. The van der Waals surface area contributed by atoms with E-state index in [0.717, 1.165) is 25.0 Å². The molecule has 0 aliphatic rings. The number of rotatable bonds is 14. The number of carboxylic acids is 2. The molecule has 0 fully saturated rings. The van der Waals surface area contributed by atoms with E-state index in [4.69, 9.17) is 10.2 Å². The summed E-state index contributed by atoms with van der Waals surface area (Å²) in [5.74, 6) is -1.79. The van der Waals surface area contributed by atoms with E-state index >= 15 is 0 Å². The van der Waals surface area contributed by atoms with Crippen molar-refractivity contribution < 1.29 is 19.8 Å². The third-order valence-corrected chi connectivity index (χ3v) is 3.42. The van der Waals surface area contributed by atoms with Crippen LogP contribution in [-0.4, -0.2) is 22.2 Å². The minimum Gasteiger partial charge on any atom is -0.478 e. The van der Waals surface area contributed by atoms with Gasteiger partial charge in [0.05, 0.1) is 0 Å². The molecule has 0 saturated heterocycles. The normalized spacial score (nSPS) is 11.5. The Morgan fingerprint density at radius 1 is 0.615 bits per heavy atom. The molecule has 26 heavy (non-hydrogen) atoms. The van der Waals surface area contributed by atoms with Crippen LogP contribution in [-0.2, 0) is 9.59 Å². The quantitative estimate of drug-likeness (QED) is 0.215. The smallest absolute Gasteiger partial charge is 0.328 e. The van der Waals surface area contributed by atoms with Gasteiger partial charge in [-0.25, -0.2) is 9.59 Å². The van der Waals surface area contributed by atoms with Crippen LogP contribution in [0.1, 0.15) is 78.1 Å². The lowest BCUT2D eigenvalue weighted by atomic mass is 10.1. The first-order valence-corrected chi connectivity index (χ1v) is 9.66. The van der Waals surface area contributed by atoms with Crippen molar-refractivity contribution in [3.8, 4) is 0 Å². The van der Waals surface area contributed by atoms with E-state index in [1.54, 1.807) is 24.3 Å². The average Bonchev–Trinajstić information content (AvgIpc) is 2.59. The Bertz CT molecular complexity index is 445. The highest BCUT2D eigenvalue weighted by Crippen LogP contribution is 2.05. The largest absolute Gasteiger partial charge is 0.478 e. The Balaban J connectivity index is 0. The number of allylic oxidation sites excluding steroid dienone is 6. The summed E-state index contributed by atoms with van der Waals surface area (Å²) in [4.78, 5) is 20.1. The van der Waals surface area contributed by atoms with Crippen LogP contribution in [0, 0.1) is 0 Å². The van der Waals surface area contributed by atoms with Gasteiger partial charge in [-0.05, 0) is 25.7 Å². The van der Waals surface area contributed by atoms with E-state index in [1.807, 2.05) is 12.2 Å². The molecule has 0 atom stereocenters. The molecule has 0 aliphatic carbocycles. The summed E-state index contributed by atoms with van der Waals surface area (Å²) >= 11 is 0. The van der Waals surface area contributed by atoms with Crippen LogP contribution in [0.5, 0.6) is 0 Å². The molecular formula is C22H36O4. The first-order chi connectivity index (χ1) is 12.5. The summed E-state index contributed by atoms with van der Waals surface area (Å²) in [6.45, 7) is 4.37. The van der Waals surface area contributed by atoms with Gasteiger partial charge in [0.15, 0.2) is 0 Å². The summed E-state index contributed by atoms with van der Waals surface area (Å²) in [5, 5.41) is 16.5. The van der Waals surface area contributed by atoms with Crippen LogP contribution >= 0.6 is 0 Å². The fraction of sp³-hybridized carbons (Fsp3) is 0.545. The molecule has 4 nitrogen and oxygen atoms in total. The second kappa shape index (κ2) is 22.9. The summed E-state index contributed by atoms with van der Waals surface area (Å²) in [5.41, 5.74) is 0. The maximum atomic E-state index is 10.1. The van der Waals surface area contributed by atoms with Gasteiger partial charge in [-0.1, -0.05) is 88.8 Å². The lowest BCUT2D eigenvalue weighted by Gasteiger charge is -1.95. The van der Waals surface area contributed by atoms with Crippen LogP contribution < -0.4 is 0 Å². The van der Waals surface area contributed by atoms with Crippen molar-refractivity contribution in [3.63, 3.8) is 0 Å². The van der Waals surface area contributed by atoms with Crippen molar-refractivity contribution in [2.45, 2.75) is 78.1 Å². The molecule has 2 N–H and O–H groups in total. The van der Waals surface area contributed by atoms with Crippen LogP contribution in [0.4, 0.5) is 0 Å². The predicted octanol–water partition coefficient (Wildman–Crippen LogP) is 6.31. The Morgan fingerprint density at radius 3 is 1.42 bits per heavy atom. The molecule has 0 radical (unpaired) electrons. The van der Waals surface area contributed by atoms with Crippen LogP contribution in [0.2, 0.25) is 0 Å². The zero-order chi connectivity index (χ0) is 19.9. The first-order valence-electron chi connectivity index (χ1n) is 9.66. The van der Waals surface area contributed by atoms with Crippen LogP contribution in [0.3, 0.4) is 0 Å². The second-order valence-corrected chi connectivity index (χ2v) is 5.95. The van der Waals surface area contributed by atoms with Gasteiger partial charge in [-0.3, -0.25) is 0 Å². The summed E-state index contributed by atoms with van der Waals surface area (Å²) in [6, 6.07) is 0. The topological polar surface area (TPSA) is 74.6 Å². The molecule has 148 valence electrons. The number of unbranched alkanes of at least 4 members (excludes halogenated alkanes) is 8. The van der Waals surface area contributed by atoms with Crippen molar-refractivity contribution in [1.82, 2.24) is 0 Å². The maximum Gasteiger partial charge on any atom is 0.328 e. The van der Waals surface area contributed by atoms with Crippen molar-refractivity contribution in [3.05, 3.63) is 48.6 Å². The van der Waals surface area contributed by atoms with Crippen LogP contribution in [0.15, 0.2) is 48.6 Å². The van der Waals surface area contributed by atoms with Crippen molar-refractivity contribution in [1.29, 1.82) is 0 Å². The Morgan fingerprint density at radius 2 is 1.00 bits per heavy atom. The maximum absolute atomic E-state index is 10.1. The number of carboxylic acid groups (broad SMARTS) is 2. The van der Waals surface area contributed by atoms with Gasteiger partial charge in [0, 0.05) is 12.2 Å². The monoisotopic (exact) mass is 364 g/mol. The van der Waals surface area contributed by atoms with Gasteiger partial charge in [-0.15, -0.1) is 0 Å². The summed E-state index contributed by atoms with van der Waals surface area (Å²) < 4.78 is 0. The molecular weight excluding hydrogens is 328 g/mol. The third kappa shape index (κ3) is 29.9. The molecule has 0 rings (SSSR count). The average molecular weight is 365 g/mol. The van der Waals surface area contributed by atoms with Crippen molar-refractivity contribution in [2.75, 3.05) is 0 Å². The van der Waals surface area contributed by atoms with Crippen LogP contribution in [0.25, 0.3) is 0 Å². The van der Waals surface area contributed by atoms with Gasteiger partial charge in [-0.2, -0.15) is 0 Å². The highest BCUT2D eigenvalue weighted by molar-refractivity contribution is 5.80.